The molecule has 1 heterocycles. The average molecular weight is 335 g/mol. The van der Waals surface area contributed by atoms with Crippen LogP contribution in [0, 0.1) is 10.1 Å². The third-order valence-corrected chi connectivity index (χ3v) is 5.11. The molecule has 0 unspecified atom stereocenters. The van der Waals surface area contributed by atoms with E-state index >= 15 is 0 Å². The summed E-state index contributed by atoms with van der Waals surface area (Å²) >= 11 is 0. The van der Waals surface area contributed by atoms with Crippen molar-refractivity contribution in [2.24, 2.45) is 0 Å². The fraction of sp³-hybridized carbons (Fsp3) is 0.200. The molecule has 1 aliphatic heterocycles. The number of hydrogen-bond acceptors (Lipinski definition) is 6. The summed E-state index contributed by atoms with van der Waals surface area (Å²) in [5, 5.41) is 11.0. The molecule has 2 aromatic carbocycles. The molecule has 2 aromatic rings. The lowest BCUT2D eigenvalue weighted by Crippen LogP contribution is -2.15. The molecule has 0 aliphatic carbocycles. The van der Waals surface area contributed by atoms with E-state index in [0.717, 1.165) is 0 Å². The van der Waals surface area contributed by atoms with E-state index < -0.39 is 14.8 Å². The molecule has 0 aromatic heterocycles. The maximum absolute atomic E-state index is 12.5. The number of nitro benzene ring substituents is 1. The summed E-state index contributed by atoms with van der Waals surface area (Å²) in [6, 6.07) is 10.5. The number of nitro groups is 1. The molecule has 0 radical (unpaired) electrons. The molecular weight excluding hydrogens is 322 g/mol. The van der Waals surface area contributed by atoms with E-state index in [1.807, 2.05) is 0 Å². The smallest absolute Gasteiger partial charge is 0.270 e. The van der Waals surface area contributed by atoms with Crippen molar-refractivity contribution in [2.75, 3.05) is 6.79 Å². The third kappa shape index (κ3) is 3.17. The van der Waals surface area contributed by atoms with Crippen molar-refractivity contribution in [3.05, 3.63) is 63.7 Å². The molecule has 1 aliphatic rings. The summed E-state index contributed by atoms with van der Waals surface area (Å²) in [7, 11) is -3.63. The highest BCUT2D eigenvalue weighted by atomic mass is 32.2. The first-order valence-electron chi connectivity index (χ1n) is 6.76. The van der Waals surface area contributed by atoms with Crippen LogP contribution in [0.3, 0.4) is 0 Å². The van der Waals surface area contributed by atoms with Crippen molar-refractivity contribution in [1.29, 1.82) is 0 Å². The second-order valence-electron chi connectivity index (χ2n) is 5.03. The van der Waals surface area contributed by atoms with E-state index in [1.165, 1.54) is 24.3 Å². The van der Waals surface area contributed by atoms with Gasteiger partial charge in [-0.25, -0.2) is 8.42 Å². The number of non-ortho nitro benzene ring substituents is 1. The Morgan fingerprint density at radius 3 is 2.61 bits per heavy atom. The molecule has 0 amide bonds. The Balaban J connectivity index is 2.05. The fourth-order valence-electron chi connectivity index (χ4n) is 2.41. The highest BCUT2D eigenvalue weighted by molar-refractivity contribution is 7.90. The number of fused-ring (bicyclic) bond motifs is 1. The maximum atomic E-state index is 12.5. The van der Waals surface area contributed by atoms with Gasteiger partial charge < -0.3 is 9.47 Å². The molecule has 0 fully saturated rings. The van der Waals surface area contributed by atoms with Crippen molar-refractivity contribution in [1.82, 2.24) is 0 Å². The summed E-state index contributed by atoms with van der Waals surface area (Å²) in [4.78, 5) is 10.6. The Labute approximate surface area is 132 Å². The largest absolute Gasteiger partial charge is 0.467 e. The second kappa shape index (κ2) is 5.98. The Bertz CT molecular complexity index is 848. The van der Waals surface area contributed by atoms with Gasteiger partial charge in [0.25, 0.3) is 5.69 Å². The number of rotatable bonds is 4. The topological polar surface area (TPSA) is 95.7 Å². The minimum Gasteiger partial charge on any atom is -0.467 e. The SMILES string of the molecule is O=[N+]([O-])c1cc2c(c(CS(=O)(=O)c3ccccc3)c1)OCOC2. The van der Waals surface area contributed by atoms with Gasteiger partial charge in [0.05, 0.1) is 22.2 Å². The van der Waals surface area contributed by atoms with Gasteiger partial charge in [-0.3, -0.25) is 10.1 Å². The van der Waals surface area contributed by atoms with E-state index in [-0.39, 0.29) is 35.3 Å². The number of nitrogens with zero attached hydrogens (tertiary/aromatic N) is 1. The summed E-state index contributed by atoms with van der Waals surface area (Å²) in [6.07, 6.45) is 0. The molecule has 120 valence electrons. The van der Waals surface area contributed by atoms with Gasteiger partial charge in [-0.15, -0.1) is 0 Å². The van der Waals surface area contributed by atoms with Gasteiger partial charge in [-0.05, 0) is 12.1 Å². The minimum absolute atomic E-state index is 0.0107. The quantitative estimate of drug-likeness (QED) is 0.629. The summed E-state index contributed by atoms with van der Waals surface area (Å²) in [5.74, 6) is -0.0255. The van der Waals surface area contributed by atoms with Crippen LogP contribution in [0.1, 0.15) is 11.1 Å². The predicted octanol–water partition coefficient (Wildman–Crippen LogP) is 2.44. The van der Waals surface area contributed by atoms with Gasteiger partial charge in [-0.2, -0.15) is 0 Å². The predicted molar refractivity (Wildman–Crippen MR) is 80.7 cm³/mol. The van der Waals surface area contributed by atoms with Crippen molar-refractivity contribution in [2.45, 2.75) is 17.3 Å². The average Bonchev–Trinajstić information content (AvgIpc) is 2.55. The Morgan fingerprint density at radius 2 is 1.91 bits per heavy atom. The van der Waals surface area contributed by atoms with Gasteiger partial charge in [0.2, 0.25) is 0 Å². The second-order valence-corrected chi connectivity index (χ2v) is 7.02. The zero-order chi connectivity index (χ0) is 16.4. The fourth-order valence-corrected chi connectivity index (χ4v) is 3.77. The van der Waals surface area contributed by atoms with Crippen LogP contribution < -0.4 is 4.74 Å². The standard InChI is InChI=1S/C15H13NO6S/c17-16(18)13-6-11-8-21-10-22-15(11)12(7-13)9-23(19,20)14-4-2-1-3-5-14/h1-7H,8-10H2. The van der Waals surface area contributed by atoms with E-state index in [4.69, 9.17) is 9.47 Å². The molecular formula is C15H13NO6S. The Kier molecular flexibility index (Phi) is 4.01. The highest BCUT2D eigenvalue weighted by Crippen LogP contribution is 2.34. The molecule has 0 saturated heterocycles. The lowest BCUT2D eigenvalue weighted by molar-refractivity contribution is -0.385. The minimum atomic E-state index is -3.63. The lowest BCUT2D eigenvalue weighted by atomic mass is 10.1. The van der Waals surface area contributed by atoms with Gasteiger partial charge in [0.1, 0.15) is 5.75 Å². The molecule has 0 saturated carbocycles. The molecule has 3 rings (SSSR count). The first kappa shape index (κ1) is 15.4. The first-order chi connectivity index (χ1) is 11.0. The number of sulfone groups is 1. The van der Waals surface area contributed by atoms with Gasteiger partial charge in [-0.1, -0.05) is 18.2 Å². The lowest BCUT2D eigenvalue weighted by Gasteiger charge is -2.20. The van der Waals surface area contributed by atoms with E-state index in [1.54, 1.807) is 18.2 Å². The van der Waals surface area contributed by atoms with Crippen molar-refractivity contribution in [3.63, 3.8) is 0 Å². The first-order valence-corrected chi connectivity index (χ1v) is 8.41. The van der Waals surface area contributed by atoms with Crippen LogP contribution in [0.5, 0.6) is 5.75 Å². The number of hydrogen-bond donors (Lipinski definition) is 0. The monoisotopic (exact) mass is 335 g/mol. The van der Waals surface area contributed by atoms with Crippen LogP contribution in [0.2, 0.25) is 0 Å². The van der Waals surface area contributed by atoms with E-state index in [9.17, 15) is 18.5 Å². The van der Waals surface area contributed by atoms with Crippen molar-refractivity contribution >= 4 is 15.5 Å². The number of benzene rings is 2. The molecule has 0 N–H and O–H groups in total. The third-order valence-electron chi connectivity index (χ3n) is 3.43. The van der Waals surface area contributed by atoms with Crippen LogP contribution in [-0.2, 0) is 26.9 Å². The van der Waals surface area contributed by atoms with E-state index in [0.29, 0.717) is 11.3 Å². The van der Waals surface area contributed by atoms with Crippen LogP contribution in [0.4, 0.5) is 5.69 Å². The van der Waals surface area contributed by atoms with Crippen LogP contribution >= 0.6 is 0 Å². The van der Waals surface area contributed by atoms with Gasteiger partial charge in [0, 0.05) is 23.3 Å². The Hall–Kier alpha value is -2.45. The molecule has 7 nitrogen and oxygen atoms in total. The van der Waals surface area contributed by atoms with Crippen LogP contribution in [0.15, 0.2) is 47.4 Å². The zero-order valence-electron chi connectivity index (χ0n) is 12.0. The number of ether oxygens (including phenoxy) is 2. The molecule has 23 heavy (non-hydrogen) atoms. The Morgan fingerprint density at radius 1 is 1.17 bits per heavy atom. The van der Waals surface area contributed by atoms with Gasteiger partial charge in [0.15, 0.2) is 16.6 Å². The van der Waals surface area contributed by atoms with Crippen LogP contribution in [-0.4, -0.2) is 20.1 Å². The highest BCUT2D eigenvalue weighted by Gasteiger charge is 2.25. The molecule has 0 bridgehead atoms. The maximum Gasteiger partial charge on any atom is 0.270 e. The summed E-state index contributed by atoms with van der Waals surface area (Å²) in [5.41, 5.74) is 0.557. The van der Waals surface area contributed by atoms with Crippen molar-refractivity contribution < 1.29 is 22.8 Å². The van der Waals surface area contributed by atoms with Crippen LogP contribution in [0.25, 0.3) is 0 Å². The zero-order valence-corrected chi connectivity index (χ0v) is 12.8. The summed E-state index contributed by atoms with van der Waals surface area (Å²) in [6.45, 7) is 0.137. The van der Waals surface area contributed by atoms with E-state index in [2.05, 4.69) is 0 Å². The molecule has 0 atom stereocenters. The van der Waals surface area contributed by atoms with Gasteiger partial charge >= 0.3 is 0 Å². The summed E-state index contributed by atoms with van der Waals surface area (Å²) < 4.78 is 35.5. The molecule has 8 heteroatoms. The van der Waals surface area contributed by atoms with Crippen molar-refractivity contribution in [3.8, 4) is 5.75 Å². The molecule has 0 spiro atoms. The normalized spacial score (nSPS) is 13.9.